The van der Waals surface area contributed by atoms with E-state index in [-0.39, 0.29) is 31.0 Å². The number of rotatable bonds is 3. The summed E-state index contributed by atoms with van der Waals surface area (Å²) < 4.78 is 7.34. The van der Waals surface area contributed by atoms with Crippen molar-refractivity contribution in [3.05, 3.63) is 42.7 Å². The first-order valence-electron chi connectivity index (χ1n) is 8.51. The number of anilines is 1. The molecule has 2 aliphatic heterocycles. The average Bonchev–Trinajstić information content (AvgIpc) is 3.19. The predicted molar refractivity (Wildman–Crippen MR) is 91.4 cm³/mol. The Kier molecular flexibility index (Phi) is 4.13. The molecule has 1 saturated heterocycles. The number of amides is 2. The van der Waals surface area contributed by atoms with Crippen molar-refractivity contribution in [3.8, 4) is 5.75 Å². The summed E-state index contributed by atoms with van der Waals surface area (Å²) in [6, 6.07) is 9.40. The maximum atomic E-state index is 12.8. The van der Waals surface area contributed by atoms with Crippen LogP contribution in [0.15, 0.2) is 42.7 Å². The number of carbonyl (C=O) groups is 2. The molecule has 4 rings (SSSR count). The monoisotopic (exact) mass is 340 g/mol. The summed E-state index contributed by atoms with van der Waals surface area (Å²) in [4.78, 5) is 28.4. The molecule has 3 heterocycles. The third kappa shape index (κ3) is 3.09. The minimum absolute atomic E-state index is 0.0276. The Bertz CT molecular complexity index is 774. The van der Waals surface area contributed by atoms with Crippen LogP contribution in [0.2, 0.25) is 0 Å². The molecule has 2 amide bonds. The van der Waals surface area contributed by atoms with Crippen LogP contribution >= 0.6 is 0 Å². The summed E-state index contributed by atoms with van der Waals surface area (Å²) in [5.74, 6) is 0.414. The van der Waals surface area contributed by atoms with E-state index in [0.29, 0.717) is 18.0 Å². The fourth-order valence-electron chi connectivity index (χ4n) is 3.46. The fourth-order valence-corrected chi connectivity index (χ4v) is 3.46. The number of aromatic nitrogens is 2. The molecule has 0 radical (unpaired) electrons. The number of nitrogens with zero attached hydrogens (tertiary/aromatic N) is 4. The summed E-state index contributed by atoms with van der Waals surface area (Å²) in [7, 11) is 0. The first-order valence-corrected chi connectivity index (χ1v) is 8.51. The Hall–Kier alpha value is -2.83. The molecule has 130 valence electrons. The Morgan fingerprint density at radius 1 is 1.28 bits per heavy atom. The molecule has 0 unspecified atom stereocenters. The van der Waals surface area contributed by atoms with Crippen LogP contribution in [0.5, 0.6) is 5.75 Å². The number of ether oxygens (including phenoxy) is 1. The number of para-hydroxylation sites is 2. The van der Waals surface area contributed by atoms with Gasteiger partial charge in [0, 0.05) is 25.5 Å². The largest absolute Gasteiger partial charge is 0.482 e. The van der Waals surface area contributed by atoms with Crippen LogP contribution in [0.4, 0.5) is 5.69 Å². The minimum atomic E-state index is -0.187. The van der Waals surface area contributed by atoms with E-state index in [9.17, 15) is 9.59 Å². The number of benzene rings is 1. The molecule has 2 aromatic rings. The number of likely N-dealkylation sites (tertiary alicyclic amines) is 1. The van der Waals surface area contributed by atoms with Gasteiger partial charge in [0.2, 0.25) is 5.91 Å². The number of fused-ring (bicyclic) bond motifs is 1. The molecule has 0 saturated carbocycles. The smallest absolute Gasteiger partial charge is 0.265 e. The Morgan fingerprint density at radius 2 is 2.16 bits per heavy atom. The van der Waals surface area contributed by atoms with E-state index in [1.807, 2.05) is 46.1 Å². The van der Waals surface area contributed by atoms with Crippen molar-refractivity contribution >= 4 is 17.5 Å². The first-order chi connectivity index (χ1) is 12.2. The maximum Gasteiger partial charge on any atom is 0.265 e. The van der Waals surface area contributed by atoms with Crippen molar-refractivity contribution in [1.82, 2.24) is 14.7 Å². The maximum absolute atomic E-state index is 12.8. The first kappa shape index (κ1) is 15.7. The minimum Gasteiger partial charge on any atom is -0.482 e. The molecular weight excluding hydrogens is 320 g/mol. The van der Waals surface area contributed by atoms with E-state index < -0.39 is 0 Å². The van der Waals surface area contributed by atoms with E-state index in [4.69, 9.17) is 4.74 Å². The van der Waals surface area contributed by atoms with Gasteiger partial charge < -0.3 is 9.64 Å². The van der Waals surface area contributed by atoms with Crippen molar-refractivity contribution in [2.75, 3.05) is 31.1 Å². The number of carbonyl (C=O) groups excluding carboxylic acids is 2. The molecule has 0 aliphatic carbocycles. The lowest BCUT2D eigenvalue weighted by atomic mass is 10.1. The van der Waals surface area contributed by atoms with Crippen LogP contribution in [-0.4, -0.2) is 52.7 Å². The second-order valence-corrected chi connectivity index (χ2v) is 6.36. The van der Waals surface area contributed by atoms with Gasteiger partial charge in [-0.15, -0.1) is 0 Å². The molecule has 1 aromatic heterocycles. The van der Waals surface area contributed by atoms with Gasteiger partial charge in [-0.2, -0.15) is 5.10 Å². The van der Waals surface area contributed by atoms with Gasteiger partial charge in [0.1, 0.15) is 12.3 Å². The van der Waals surface area contributed by atoms with Crippen molar-refractivity contribution in [1.29, 1.82) is 0 Å². The zero-order valence-electron chi connectivity index (χ0n) is 13.9. The molecule has 25 heavy (non-hydrogen) atoms. The summed E-state index contributed by atoms with van der Waals surface area (Å²) in [6.45, 7) is 1.36. The van der Waals surface area contributed by atoms with Gasteiger partial charge >= 0.3 is 0 Å². The lowest BCUT2D eigenvalue weighted by Gasteiger charge is -2.35. The lowest BCUT2D eigenvalue weighted by Crippen LogP contribution is -2.49. The molecule has 1 aromatic carbocycles. The predicted octanol–water partition coefficient (Wildman–Crippen LogP) is 1.47. The van der Waals surface area contributed by atoms with Gasteiger partial charge in [-0.05, 0) is 31.0 Å². The molecule has 7 nitrogen and oxygen atoms in total. The zero-order valence-corrected chi connectivity index (χ0v) is 13.9. The topological polar surface area (TPSA) is 67.7 Å². The van der Waals surface area contributed by atoms with E-state index in [0.717, 1.165) is 19.4 Å². The molecule has 1 fully saturated rings. The Labute approximate surface area is 145 Å². The molecule has 0 spiro atoms. The highest BCUT2D eigenvalue weighted by Crippen LogP contribution is 2.31. The average molecular weight is 340 g/mol. The van der Waals surface area contributed by atoms with E-state index in [1.165, 1.54) is 4.90 Å². The van der Waals surface area contributed by atoms with Crippen LogP contribution in [-0.2, 0) is 9.59 Å². The highest BCUT2D eigenvalue weighted by atomic mass is 16.5. The van der Waals surface area contributed by atoms with Crippen LogP contribution < -0.4 is 9.64 Å². The molecule has 0 bridgehead atoms. The zero-order chi connectivity index (χ0) is 17.2. The van der Waals surface area contributed by atoms with Crippen molar-refractivity contribution in [2.45, 2.75) is 18.9 Å². The second kappa shape index (κ2) is 6.58. The van der Waals surface area contributed by atoms with Gasteiger partial charge in [-0.1, -0.05) is 12.1 Å². The van der Waals surface area contributed by atoms with Crippen LogP contribution in [0.3, 0.4) is 0 Å². The lowest BCUT2D eigenvalue weighted by molar-refractivity contribution is -0.133. The van der Waals surface area contributed by atoms with Gasteiger partial charge in [-0.25, -0.2) is 0 Å². The fraction of sp³-hybridized carbons (Fsp3) is 0.389. The highest BCUT2D eigenvalue weighted by Gasteiger charge is 2.31. The Balaban J connectivity index is 1.47. The summed E-state index contributed by atoms with van der Waals surface area (Å²) >= 11 is 0. The van der Waals surface area contributed by atoms with Crippen LogP contribution in [0.25, 0.3) is 0 Å². The van der Waals surface area contributed by atoms with Crippen molar-refractivity contribution < 1.29 is 14.3 Å². The third-order valence-electron chi connectivity index (χ3n) is 4.75. The van der Waals surface area contributed by atoms with Gasteiger partial charge in [0.25, 0.3) is 5.91 Å². The highest BCUT2D eigenvalue weighted by molar-refractivity contribution is 6.02. The summed E-state index contributed by atoms with van der Waals surface area (Å²) in [6.07, 6.45) is 5.62. The molecular formula is C18H20N4O3. The van der Waals surface area contributed by atoms with E-state index >= 15 is 0 Å². The van der Waals surface area contributed by atoms with E-state index in [2.05, 4.69) is 5.10 Å². The third-order valence-corrected chi connectivity index (χ3v) is 4.75. The van der Waals surface area contributed by atoms with Crippen molar-refractivity contribution in [2.24, 2.45) is 0 Å². The Morgan fingerprint density at radius 3 is 3.00 bits per heavy atom. The van der Waals surface area contributed by atoms with E-state index in [1.54, 1.807) is 6.20 Å². The number of hydrogen-bond acceptors (Lipinski definition) is 4. The molecule has 0 N–H and O–H groups in total. The summed E-state index contributed by atoms with van der Waals surface area (Å²) in [5.41, 5.74) is 0.660. The molecule has 7 heteroatoms. The second-order valence-electron chi connectivity index (χ2n) is 6.36. The van der Waals surface area contributed by atoms with Crippen LogP contribution in [0, 0.1) is 0 Å². The standard InChI is InChI=1S/C18H20N4O3/c23-17(20-9-3-5-14(11-20)22-10-4-8-19-22)12-21-15-6-1-2-7-16(15)25-13-18(21)24/h1-2,4,6-8,10,14H,3,5,9,11-13H2/t14-/m1/s1. The van der Waals surface area contributed by atoms with Crippen molar-refractivity contribution in [3.63, 3.8) is 0 Å². The SMILES string of the molecule is O=C(CN1C(=O)COc2ccccc21)N1CCC[C@@H](n2cccn2)C1. The van der Waals surface area contributed by atoms with Gasteiger partial charge in [0.05, 0.1) is 11.7 Å². The van der Waals surface area contributed by atoms with Gasteiger partial charge in [-0.3, -0.25) is 19.2 Å². The number of hydrogen-bond donors (Lipinski definition) is 0. The van der Waals surface area contributed by atoms with Crippen LogP contribution in [0.1, 0.15) is 18.9 Å². The molecule has 1 atom stereocenters. The normalized spacial score (nSPS) is 20.2. The number of piperidine rings is 1. The quantitative estimate of drug-likeness (QED) is 0.849. The summed E-state index contributed by atoms with van der Waals surface area (Å²) in [5, 5.41) is 4.29. The molecule has 2 aliphatic rings. The van der Waals surface area contributed by atoms with Gasteiger partial charge in [0.15, 0.2) is 6.61 Å².